The summed E-state index contributed by atoms with van der Waals surface area (Å²) >= 11 is -1.78. The molecule has 4 nitrogen and oxygen atoms in total. The minimum absolute atomic E-state index is 0.454. The van der Waals surface area contributed by atoms with Crippen LogP contribution >= 0.6 is 11.8 Å². The van der Waals surface area contributed by atoms with Crippen LogP contribution in [0.1, 0.15) is 38.9 Å². The van der Waals surface area contributed by atoms with Crippen molar-refractivity contribution in [1.82, 2.24) is 0 Å². The van der Waals surface area contributed by atoms with Gasteiger partial charge in [-0.2, -0.15) is 59.7 Å². The lowest BCUT2D eigenvalue weighted by atomic mass is 9.90. The van der Waals surface area contributed by atoms with Gasteiger partial charge in [-0.25, -0.2) is 35.1 Å². The Morgan fingerprint density at radius 2 is 0.946 bits per heavy atom. The summed E-state index contributed by atoms with van der Waals surface area (Å²) in [7, 11) is 0. The standard InChI is InChI=1S/C34H7F17N4S/c1-8-22(35)24(37)19(25(38)23(8)36)15-13(31(54-2)55-3)5-12-17(15)20(32(43,44)45)11-4-10(9(6-52)7-53)14(16(11)21(12)33(46,47)48)18-26(39)28(41)30(29(42)27(18)40)56-34(49,50)51/h4-5H2,1H3. The molecule has 22 heteroatoms. The molecule has 0 aromatic heterocycles. The van der Waals surface area contributed by atoms with E-state index in [0.29, 0.717) is 6.92 Å². The lowest BCUT2D eigenvalue weighted by Gasteiger charge is -2.20. The molecule has 56 heavy (non-hydrogen) atoms. The fourth-order valence-corrected chi connectivity index (χ4v) is 7.08. The summed E-state index contributed by atoms with van der Waals surface area (Å²) in [4.78, 5) is 2.82. The molecular weight excluding hydrogens is 819 g/mol. The molecule has 288 valence electrons. The molecule has 0 atom stereocenters. The number of fused-ring (bicyclic) bond motifs is 2. The molecule has 3 aromatic rings. The van der Waals surface area contributed by atoms with E-state index in [1.807, 2.05) is 0 Å². The predicted octanol–water partition coefficient (Wildman–Crippen LogP) is 9.66. The van der Waals surface area contributed by atoms with Crippen LogP contribution in [0.5, 0.6) is 0 Å². The van der Waals surface area contributed by atoms with Crippen molar-refractivity contribution in [2.75, 3.05) is 0 Å². The third-order valence-electron chi connectivity index (χ3n) is 8.52. The van der Waals surface area contributed by atoms with Crippen molar-refractivity contribution in [3.63, 3.8) is 0 Å². The summed E-state index contributed by atoms with van der Waals surface area (Å²) in [6.45, 7) is 15.0. The van der Waals surface area contributed by atoms with Crippen molar-refractivity contribution in [2.24, 2.45) is 0 Å². The van der Waals surface area contributed by atoms with Crippen molar-refractivity contribution >= 4 is 22.9 Å². The van der Waals surface area contributed by atoms with Crippen molar-refractivity contribution < 1.29 is 74.6 Å². The zero-order valence-corrected chi connectivity index (χ0v) is 27.4. The third-order valence-corrected chi connectivity index (χ3v) is 9.31. The van der Waals surface area contributed by atoms with Crippen LogP contribution in [0, 0.1) is 89.3 Å². The minimum atomic E-state index is -6.16. The molecule has 0 spiro atoms. The maximum absolute atomic E-state index is 15.7. The van der Waals surface area contributed by atoms with Crippen molar-refractivity contribution in [1.29, 1.82) is 10.5 Å². The molecule has 3 aromatic carbocycles. The summed E-state index contributed by atoms with van der Waals surface area (Å²) < 4.78 is 254. The number of thioether (sulfide) groups is 1. The number of hydrogen-bond acceptors (Lipinski definition) is 3. The third kappa shape index (κ3) is 6.18. The SMILES string of the molecule is [C-]#[N+]C([N+]#[C-])=C1Cc2c(C(F)(F)F)c3c(c(C(F)(F)F)c2=C1c1c(F)c(F)c(C)c(F)c1F)CC(=C(C#N)C#N)C=3c1c(F)c(F)c(SC(F)(F)F)c(F)c1F. The zero-order chi connectivity index (χ0) is 42.3. The van der Waals surface area contributed by atoms with Gasteiger partial charge in [-0.1, -0.05) is 0 Å². The molecule has 0 unspecified atom stereocenters. The largest absolute Gasteiger partial charge is 0.523 e. The normalized spacial score (nSPS) is 14.0. The second-order valence-electron chi connectivity index (χ2n) is 11.4. The Labute approximate surface area is 304 Å². The van der Waals surface area contributed by atoms with E-state index in [4.69, 9.17) is 13.1 Å². The predicted molar refractivity (Wildman–Crippen MR) is 156 cm³/mol. The molecule has 2 aliphatic rings. The molecule has 0 saturated carbocycles. The number of halogens is 17. The van der Waals surface area contributed by atoms with Gasteiger partial charge in [-0.05, 0) is 57.8 Å². The van der Waals surface area contributed by atoms with Crippen molar-refractivity contribution in [3.8, 4) is 12.1 Å². The smallest absolute Gasteiger partial charge is 0.203 e. The molecule has 0 aliphatic heterocycles. The van der Waals surface area contributed by atoms with Gasteiger partial charge in [-0.15, -0.1) is 0 Å². The van der Waals surface area contributed by atoms with Crippen LogP contribution in [-0.2, 0) is 25.2 Å². The van der Waals surface area contributed by atoms with Crippen LogP contribution in [0.4, 0.5) is 74.6 Å². The van der Waals surface area contributed by atoms with Gasteiger partial charge in [0.05, 0.1) is 32.7 Å². The monoisotopic (exact) mass is 826 g/mol. The Kier molecular flexibility index (Phi) is 10.0. The molecular formula is C34H7F17N4S. The molecule has 0 fully saturated rings. The highest BCUT2D eigenvalue weighted by atomic mass is 32.2. The Balaban J connectivity index is 2.29. The first-order valence-electron chi connectivity index (χ1n) is 14.4. The molecule has 0 radical (unpaired) electrons. The van der Waals surface area contributed by atoms with E-state index in [0.717, 1.165) is 12.1 Å². The van der Waals surface area contributed by atoms with Crippen LogP contribution in [0.3, 0.4) is 0 Å². The summed E-state index contributed by atoms with van der Waals surface area (Å²) in [5.74, 6) is -22.9. The van der Waals surface area contributed by atoms with Gasteiger partial charge in [0, 0.05) is 17.6 Å². The van der Waals surface area contributed by atoms with E-state index in [1.54, 1.807) is 0 Å². The van der Waals surface area contributed by atoms with Gasteiger partial charge < -0.3 is 0 Å². The molecule has 2 aliphatic carbocycles. The number of nitrogens with zero attached hydrogens (tertiary/aromatic N) is 4. The zero-order valence-electron chi connectivity index (χ0n) is 26.5. The van der Waals surface area contributed by atoms with E-state index in [-0.39, 0.29) is 0 Å². The van der Waals surface area contributed by atoms with Crippen LogP contribution in [0.2, 0.25) is 0 Å². The molecule has 0 N–H and O–H groups in total. The average molecular weight is 826 g/mol. The fourth-order valence-electron chi connectivity index (χ4n) is 6.49. The first kappa shape index (κ1) is 41.2. The second-order valence-corrected chi connectivity index (χ2v) is 12.5. The number of nitriles is 2. The lowest BCUT2D eigenvalue weighted by Crippen LogP contribution is -2.36. The summed E-state index contributed by atoms with van der Waals surface area (Å²) in [5.41, 5.74) is -28.7. The van der Waals surface area contributed by atoms with Crippen LogP contribution < -0.4 is 10.4 Å². The number of allylic oxidation sites excluding steroid dienone is 3. The highest BCUT2D eigenvalue weighted by Crippen LogP contribution is 2.48. The summed E-state index contributed by atoms with van der Waals surface area (Å²) in [6.07, 6.45) is -16.0. The molecule has 0 bridgehead atoms. The van der Waals surface area contributed by atoms with E-state index < -0.39 is 177 Å². The van der Waals surface area contributed by atoms with Crippen LogP contribution in [-0.4, -0.2) is 5.51 Å². The second kappa shape index (κ2) is 13.6. The quantitative estimate of drug-likeness (QED) is 0.0870. The topological polar surface area (TPSA) is 56.3 Å². The van der Waals surface area contributed by atoms with Crippen molar-refractivity contribution in [2.45, 2.75) is 42.5 Å². The Hall–Kier alpha value is -6.00. The maximum Gasteiger partial charge on any atom is 0.523 e. The lowest BCUT2D eigenvalue weighted by molar-refractivity contribution is -0.143. The fraction of sp³-hybridized carbons (Fsp3) is 0.176. The number of rotatable bonds is 3. The Morgan fingerprint density at radius 1 is 0.589 bits per heavy atom. The van der Waals surface area contributed by atoms with E-state index in [1.165, 1.54) is 0 Å². The van der Waals surface area contributed by atoms with E-state index in [2.05, 4.69) is 9.69 Å². The summed E-state index contributed by atoms with van der Waals surface area (Å²) in [5, 5.41) is 15.1. The highest BCUT2D eigenvalue weighted by molar-refractivity contribution is 8.00. The van der Waals surface area contributed by atoms with Crippen LogP contribution in [0.15, 0.2) is 27.4 Å². The first-order chi connectivity index (χ1) is 25.8. The van der Waals surface area contributed by atoms with Crippen LogP contribution in [0.25, 0.3) is 20.8 Å². The highest BCUT2D eigenvalue weighted by Gasteiger charge is 2.50. The van der Waals surface area contributed by atoms with E-state index >= 15 is 52.7 Å². The molecule has 0 saturated heterocycles. The maximum atomic E-state index is 15.7. The van der Waals surface area contributed by atoms with Gasteiger partial charge in [0.15, 0.2) is 46.5 Å². The Bertz CT molecular complexity index is 2620. The number of benzene rings is 3. The van der Waals surface area contributed by atoms with Gasteiger partial charge in [0.1, 0.15) is 30.9 Å². The number of alkyl halides is 9. The number of hydrogen-bond donors (Lipinski definition) is 0. The van der Waals surface area contributed by atoms with Gasteiger partial charge in [0.25, 0.3) is 0 Å². The van der Waals surface area contributed by atoms with Gasteiger partial charge in [0.2, 0.25) is 0 Å². The minimum Gasteiger partial charge on any atom is -0.203 e. The molecule has 0 amide bonds. The van der Waals surface area contributed by atoms with Crippen molar-refractivity contribution in [3.05, 3.63) is 141 Å². The molecule has 0 heterocycles. The van der Waals surface area contributed by atoms with Gasteiger partial charge >= 0.3 is 23.7 Å². The summed E-state index contributed by atoms with van der Waals surface area (Å²) in [6, 6.07) is 2.01. The molecule has 5 rings (SSSR count). The Morgan fingerprint density at radius 3 is 1.29 bits per heavy atom. The van der Waals surface area contributed by atoms with E-state index in [9.17, 15) is 32.5 Å². The average Bonchev–Trinajstić information content (AvgIpc) is 3.65. The first-order valence-corrected chi connectivity index (χ1v) is 15.2. The van der Waals surface area contributed by atoms with Gasteiger partial charge in [-0.3, -0.25) is 0 Å².